The Labute approximate surface area is 262 Å². The number of thiophene rings is 1. The van der Waals surface area contributed by atoms with Gasteiger partial charge in [-0.1, -0.05) is 12.5 Å². The molecule has 0 atom stereocenters. The zero-order valence-corrected chi connectivity index (χ0v) is 26.0. The lowest BCUT2D eigenvalue weighted by Crippen LogP contribution is -3.00. The highest BCUT2D eigenvalue weighted by atomic mass is 35.5. The number of aromatic nitrogens is 1. The SMILES string of the molecule is O=C(OC[N+]1(CCCCOc2ccc3ccc(=O)[nH]c3c2)CCN(c2cccc3sccc23)CC1)OC1CCCCC1.[Cl-]. The average Bonchev–Trinajstić information content (AvgIpc) is 3.50. The zero-order valence-electron chi connectivity index (χ0n) is 24.5. The molecule has 0 unspecified atom stereocenters. The van der Waals surface area contributed by atoms with Crippen molar-refractivity contribution >= 4 is 44.2 Å². The second-order valence-corrected chi connectivity index (χ2v) is 12.6. The first-order valence-electron chi connectivity index (χ1n) is 15.2. The van der Waals surface area contributed by atoms with Gasteiger partial charge < -0.3 is 36.5 Å². The number of carbonyl (C=O) groups excluding carboxylic acids is 1. The molecule has 6 rings (SSSR count). The Kier molecular flexibility index (Phi) is 10.5. The number of quaternary nitrogens is 1. The molecule has 1 aliphatic carbocycles. The van der Waals surface area contributed by atoms with E-state index in [4.69, 9.17) is 14.2 Å². The van der Waals surface area contributed by atoms with Crippen LogP contribution in [0.2, 0.25) is 0 Å². The molecule has 8 nitrogen and oxygen atoms in total. The van der Waals surface area contributed by atoms with E-state index < -0.39 is 6.16 Å². The number of hydrogen-bond donors (Lipinski definition) is 1. The van der Waals surface area contributed by atoms with Gasteiger partial charge in [0.2, 0.25) is 12.3 Å². The maximum Gasteiger partial charge on any atom is 0.512 e. The molecule has 0 radical (unpaired) electrons. The molecule has 1 saturated heterocycles. The van der Waals surface area contributed by atoms with Crippen LogP contribution in [-0.4, -0.2) is 67.8 Å². The van der Waals surface area contributed by atoms with E-state index in [0.717, 1.165) is 92.4 Å². The van der Waals surface area contributed by atoms with E-state index in [9.17, 15) is 9.59 Å². The summed E-state index contributed by atoms with van der Waals surface area (Å²) >= 11 is 1.78. The Hall–Kier alpha value is -3.27. The number of carbonyl (C=O) groups is 1. The van der Waals surface area contributed by atoms with Crippen LogP contribution in [0.5, 0.6) is 5.75 Å². The molecule has 1 saturated carbocycles. The van der Waals surface area contributed by atoms with Crippen molar-refractivity contribution in [2.24, 2.45) is 0 Å². The predicted molar refractivity (Wildman–Crippen MR) is 168 cm³/mol. The molecule has 43 heavy (non-hydrogen) atoms. The van der Waals surface area contributed by atoms with Gasteiger partial charge in [0, 0.05) is 27.9 Å². The van der Waals surface area contributed by atoms with Crippen molar-refractivity contribution in [2.45, 2.75) is 51.0 Å². The van der Waals surface area contributed by atoms with E-state index in [1.165, 1.54) is 28.3 Å². The maximum atomic E-state index is 12.6. The summed E-state index contributed by atoms with van der Waals surface area (Å²) in [4.78, 5) is 29.6. The number of anilines is 1. The fourth-order valence-corrected chi connectivity index (χ4v) is 7.11. The molecule has 4 aromatic rings. The number of nitrogens with zero attached hydrogens (tertiary/aromatic N) is 2. The van der Waals surface area contributed by atoms with Crippen LogP contribution in [0.15, 0.2) is 64.8 Å². The summed E-state index contributed by atoms with van der Waals surface area (Å²) in [6, 6.07) is 17.9. The monoisotopic (exact) mass is 625 g/mol. The lowest BCUT2D eigenvalue weighted by Gasteiger charge is -2.44. The highest BCUT2D eigenvalue weighted by Gasteiger charge is 2.35. The molecule has 0 bridgehead atoms. The highest BCUT2D eigenvalue weighted by Crippen LogP contribution is 2.32. The van der Waals surface area contributed by atoms with Crippen LogP contribution >= 0.6 is 11.3 Å². The van der Waals surface area contributed by atoms with Crippen molar-refractivity contribution in [2.75, 3.05) is 51.0 Å². The second kappa shape index (κ2) is 14.5. The smallest absolute Gasteiger partial charge is 0.512 e. The summed E-state index contributed by atoms with van der Waals surface area (Å²) in [6.45, 7) is 5.43. The van der Waals surface area contributed by atoms with Gasteiger partial charge in [0.15, 0.2) is 0 Å². The van der Waals surface area contributed by atoms with Gasteiger partial charge in [0.1, 0.15) is 11.9 Å². The quantitative estimate of drug-likeness (QED) is 0.165. The summed E-state index contributed by atoms with van der Waals surface area (Å²) in [5, 5.41) is 4.44. The topological polar surface area (TPSA) is 80.9 Å². The van der Waals surface area contributed by atoms with Crippen molar-refractivity contribution < 1.29 is 35.9 Å². The van der Waals surface area contributed by atoms with Crippen LogP contribution in [0, 0.1) is 0 Å². The molecule has 1 N–H and O–H groups in total. The molecule has 2 fully saturated rings. The van der Waals surface area contributed by atoms with E-state index in [0.29, 0.717) is 13.3 Å². The normalized spacial score (nSPS) is 17.0. The number of nitrogens with one attached hydrogen (secondary N) is 1. The molecule has 10 heteroatoms. The van der Waals surface area contributed by atoms with Crippen LogP contribution in [0.25, 0.3) is 21.0 Å². The standard InChI is InChI=1S/C33H39N3O5S.ClH/c37-32-14-12-25-11-13-27(23-29(25)34-32)39-21-5-4-18-36(24-40-33(38)41-26-7-2-1-3-8-26)19-16-35(17-20-36)30-9-6-10-31-28(30)15-22-42-31;/h6,9-15,22-23,26H,1-5,7-8,16-21,24H2;1H. The van der Waals surface area contributed by atoms with E-state index in [-0.39, 0.29) is 24.1 Å². The highest BCUT2D eigenvalue weighted by molar-refractivity contribution is 7.17. The summed E-state index contributed by atoms with van der Waals surface area (Å²) in [5.41, 5.74) is 1.94. The number of hydrogen-bond acceptors (Lipinski definition) is 7. The van der Waals surface area contributed by atoms with E-state index in [1.807, 2.05) is 24.3 Å². The average molecular weight is 626 g/mol. The van der Waals surface area contributed by atoms with Crippen LogP contribution in [0.1, 0.15) is 44.9 Å². The van der Waals surface area contributed by atoms with Crippen LogP contribution in [0.4, 0.5) is 10.5 Å². The zero-order chi connectivity index (χ0) is 28.8. The number of aromatic amines is 1. The second-order valence-electron chi connectivity index (χ2n) is 11.6. The maximum absolute atomic E-state index is 12.6. The summed E-state index contributed by atoms with van der Waals surface area (Å²) in [7, 11) is 0. The van der Waals surface area contributed by atoms with E-state index >= 15 is 0 Å². The van der Waals surface area contributed by atoms with Gasteiger partial charge in [-0.3, -0.25) is 9.28 Å². The Morgan fingerprint density at radius 3 is 2.65 bits per heavy atom. The summed E-state index contributed by atoms with van der Waals surface area (Å²) in [6.07, 6.45) is 6.62. The van der Waals surface area contributed by atoms with Crippen molar-refractivity contribution in [3.8, 4) is 5.75 Å². The van der Waals surface area contributed by atoms with Gasteiger partial charge in [-0.2, -0.15) is 0 Å². The third kappa shape index (κ3) is 7.82. The largest absolute Gasteiger partial charge is 1.00 e. The first-order chi connectivity index (χ1) is 20.6. The summed E-state index contributed by atoms with van der Waals surface area (Å²) in [5.74, 6) is 0.748. The number of benzene rings is 2. The Bertz CT molecular complexity index is 1560. The van der Waals surface area contributed by atoms with Gasteiger partial charge in [0.05, 0.1) is 44.8 Å². The molecule has 230 valence electrons. The van der Waals surface area contributed by atoms with E-state index in [2.05, 4.69) is 39.5 Å². The van der Waals surface area contributed by atoms with E-state index in [1.54, 1.807) is 11.3 Å². The van der Waals surface area contributed by atoms with Crippen LogP contribution in [-0.2, 0) is 9.47 Å². The van der Waals surface area contributed by atoms with Gasteiger partial charge in [-0.15, -0.1) is 11.3 Å². The first kappa shape index (κ1) is 31.2. The predicted octanol–water partition coefficient (Wildman–Crippen LogP) is 3.69. The lowest BCUT2D eigenvalue weighted by atomic mass is 9.98. The van der Waals surface area contributed by atoms with Crippen molar-refractivity contribution in [3.05, 3.63) is 70.3 Å². The molecular formula is C33H40ClN3O5S. The summed E-state index contributed by atoms with van der Waals surface area (Å²) < 4.78 is 19.5. The van der Waals surface area contributed by atoms with Crippen LogP contribution in [0.3, 0.4) is 0 Å². The molecule has 0 amide bonds. The minimum absolute atomic E-state index is 0. The minimum atomic E-state index is -0.525. The minimum Gasteiger partial charge on any atom is -1.00 e. The number of ether oxygens (including phenoxy) is 3. The number of H-pyrrole nitrogens is 1. The molecule has 2 aromatic carbocycles. The Balaban J connectivity index is 0.00000368. The Morgan fingerprint density at radius 2 is 1.81 bits per heavy atom. The third-order valence-electron chi connectivity index (χ3n) is 8.77. The molecule has 2 aliphatic rings. The fourth-order valence-electron chi connectivity index (χ4n) is 6.30. The number of fused-ring (bicyclic) bond motifs is 2. The van der Waals surface area contributed by atoms with Gasteiger partial charge in [0.25, 0.3) is 0 Å². The number of rotatable bonds is 10. The van der Waals surface area contributed by atoms with Gasteiger partial charge in [-0.25, -0.2) is 4.79 Å². The molecule has 1 aliphatic heterocycles. The molecule has 3 heterocycles. The Morgan fingerprint density at radius 1 is 1.00 bits per heavy atom. The number of halogens is 1. The molecular weight excluding hydrogens is 586 g/mol. The first-order valence-corrected chi connectivity index (χ1v) is 16.1. The van der Waals surface area contributed by atoms with Crippen LogP contribution < -0.4 is 27.6 Å². The number of piperazine rings is 1. The molecule has 0 spiro atoms. The van der Waals surface area contributed by atoms with Crippen molar-refractivity contribution in [1.82, 2.24) is 4.98 Å². The molecule has 2 aromatic heterocycles. The van der Waals surface area contributed by atoms with Crippen molar-refractivity contribution in [1.29, 1.82) is 0 Å². The van der Waals surface area contributed by atoms with Gasteiger partial charge in [-0.05, 0) is 85.7 Å². The van der Waals surface area contributed by atoms with Crippen molar-refractivity contribution in [3.63, 3.8) is 0 Å². The number of unbranched alkanes of at least 4 members (excludes halogenated alkanes) is 1. The third-order valence-corrected chi connectivity index (χ3v) is 9.65. The van der Waals surface area contributed by atoms with Gasteiger partial charge >= 0.3 is 6.16 Å². The fraction of sp³-hybridized carbons (Fsp3) is 0.455. The number of pyridine rings is 1. The lowest BCUT2D eigenvalue weighted by molar-refractivity contribution is -0.944.